The van der Waals surface area contributed by atoms with Gasteiger partial charge in [0, 0.05) is 25.8 Å². The van der Waals surface area contributed by atoms with E-state index < -0.39 is 23.9 Å². The summed E-state index contributed by atoms with van der Waals surface area (Å²) in [6, 6.07) is 9.93. The monoisotopic (exact) mass is 602 g/mol. The summed E-state index contributed by atoms with van der Waals surface area (Å²) in [6.07, 6.45) is 2.34. The fourth-order valence-electron chi connectivity index (χ4n) is 5.29. The highest BCUT2D eigenvalue weighted by Gasteiger charge is 2.27. The molecule has 1 aliphatic carbocycles. The van der Waals surface area contributed by atoms with Crippen molar-refractivity contribution in [2.75, 3.05) is 7.05 Å². The van der Waals surface area contributed by atoms with Crippen molar-refractivity contribution in [1.29, 1.82) is 0 Å². The first kappa shape index (κ1) is 28.7. The Morgan fingerprint density at radius 1 is 1.02 bits per heavy atom. The molecule has 5 rings (SSSR count). The lowest BCUT2D eigenvalue weighted by Crippen LogP contribution is -2.39. The maximum Gasteiger partial charge on any atom is 0.333 e. The molecule has 0 bridgehead atoms. The van der Waals surface area contributed by atoms with Crippen LogP contribution in [0.3, 0.4) is 0 Å². The molecule has 0 atom stereocenters. The Morgan fingerprint density at radius 3 is 2.39 bits per heavy atom. The number of halogens is 4. The molecule has 3 heterocycles. The summed E-state index contributed by atoms with van der Waals surface area (Å²) in [4.78, 5) is 46.2. The SMILES string of the molecule is CNC(=O)c1ncc(-n2c(=O)n(CC3CCC(NC(=O)c4cc(Cl)cnc4C(F)F)CC3)c3ccccc32)cc1Cl. The second kappa shape index (κ2) is 12.0. The van der Waals surface area contributed by atoms with Crippen LogP contribution >= 0.6 is 23.2 Å². The van der Waals surface area contributed by atoms with E-state index in [-0.39, 0.29) is 39.0 Å². The van der Waals surface area contributed by atoms with E-state index >= 15 is 0 Å². The number of carbonyl (C=O) groups is 2. The lowest BCUT2D eigenvalue weighted by molar-refractivity contribution is 0.0903. The minimum absolute atomic E-state index is 0.0654. The van der Waals surface area contributed by atoms with Crippen molar-refractivity contribution in [3.8, 4) is 5.69 Å². The highest BCUT2D eigenvalue weighted by atomic mass is 35.5. The first-order valence-corrected chi connectivity index (χ1v) is 13.8. The lowest BCUT2D eigenvalue weighted by atomic mass is 9.85. The number of pyridine rings is 2. The molecule has 1 aromatic carbocycles. The van der Waals surface area contributed by atoms with E-state index in [1.807, 2.05) is 24.3 Å². The van der Waals surface area contributed by atoms with Gasteiger partial charge in [-0.2, -0.15) is 0 Å². The third-order valence-corrected chi connectivity index (χ3v) is 7.82. The average Bonchev–Trinajstić information content (AvgIpc) is 3.24. The number of hydrogen-bond donors (Lipinski definition) is 2. The van der Waals surface area contributed by atoms with Crippen molar-refractivity contribution in [2.24, 2.45) is 5.92 Å². The van der Waals surface area contributed by atoms with Gasteiger partial charge in [0.25, 0.3) is 18.2 Å². The Balaban J connectivity index is 1.32. The molecule has 3 aromatic heterocycles. The number of alkyl halides is 2. The molecule has 1 saturated carbocycles. The van der Waals surface area contributed by atoms with Gasteiger partial charge in [-0.3, -0.25) is 23.7 Å². The van der Waals surface area contributed by atoms with Gasteiger partial charge in [-0.25, -0.2) is 18.6 Å². The van der Waals surface area contributed by atoms with Gasteiger partial charge in [0.1, 0.15) is 11.4 Å². The number of hydrogen-bond acceptors (Lipinski definition) is 5. The zero-order valence-electron chi connectivity index (χ0n) is 21.9. The molecule has 1 fully saturated rings. The molecule has 0 spiro atoms. The third-order valence-electron chi connectivity index (χ3n) is 7.32. The van der Waals surface area contributed by atoms with Crippen LogP contribution in [0.4, 0.5) is 8.78 Å². The minimum atomic E-state index is -2.90. The Kier molecular flexibility index (Phi) is 8.37. The molecule has 41 heavy (non-hydrogen) atoms. The van der Waals surface area contributed by atoms with Gasteiger partial charge in [0.2, 0.25) is 0 Å². The molecule has 0 radical (unpaired) electrons. The van der Waals surface area contributed by atoms with Gasteiger partial charge in [0.05, 0.1) is 38.5 Å². The second-order valence-corrected chi connectivity index (χ2v) is 10.7. The predicted molar refractivity (Wildman–Crippen MR) is 151 cm³/mol. The van der Waals surface area contributed by atoms with Crippen molar-refractivity contribution < 1.29 is 18.4 Å². The summed E-state index contributed by atoms with van der Waals surface area (Å²) in [5.74, 6) is -0.906. The largest absolute Gasteiger partial charge is 0.354 e. The van der Waals surface area contributed by atoms with E-state index in [4.69, 9.17) is 23.2 Å². The van der Waals surface area contributed by atoms with Crippen LogP contribution in [0.2, 0.25) is 10.0 Å². The lowest BCUT2D eigenvalue weighted by Gasteiger charge is -2.29. The molecular formula is C28H26Cl2F2N6O3. The number of para-hydroxylation sites is 2. The van der Waals surface area contributed by atoms with Crippen LogP contribution in [0, 0.1) is 5.92 Å². The molecule has 2 N–H and O–H groups in total. The number of carbonyl (C=O) groups excluding carboxylic acids is 2. The summed E-state index contributed by atoms with van der Waals surface area (Å²) in [5.41, 5.74) is 0.827. The van der Waals surface area contributed by atoms with Crippen molar-refractivity contribution >= 4 is 46.0 Å². The summed E-state index contributed by atoms with van der Waals surface area (Å²) < 4.78 is 29.9. The van der Waals surface area contributed by atoms with E-state index in [1.54, 1.807) is 10.6 Å². The molecule has 4 aromatic rings. The Hall–Kier alpha value is -3.83. The van der Waals surface area contributed by atoms with Gasteiger partial charge in [-0.15, -0.1) is 0 Å². The Labute approximate surface area is 243 Å². The van der Waals surface area contributed by atoms with E-state index in [2.05, 4.69) is 20.6 Å². The van der Waals surface area contributed by atoms with Crippen LogP contribution in [-0.4, -0.2) is 44.0 Å². The fourth-order valence-corrected chi connectivity index (χ4v) is 5.69. The summed E-state index contributed by atoms with van der Waals surface area (Å²) in [6.45, 7) is 0.457. The highest BCUT2D eigenvalue weighted by Crippen LogP contribution is 2.29. The first-order valence-electron chi connectivity index (χ1n) is 13.0. The Morgan fingerprint density at radius 2 is 1.73 bits per heavy atom. The number of nitrogens with one attached hydrogen (secondary N) is 2. The van der Waals surface area contributed by atoms with E-state index in [0.717, 1.165) is 24.6 Å². The molecule has 0 saturated heterocycles. The van der Waals surface area contributed by atoms with Crippen LogP contribution in [0.25, 0.3) is 16.7 Å². The zero-order chi connectivity index (χ0) is 29.3. The van der Waals surface area contributed by atoms with Gasteiger partial charge in [-0.05, 0) is 55.9 Å². The van der Waals surface area contributed by atoms with Crippen LogP contribution < -0.4 is 16.3 Å². The molecule has 1 aliphatic rings. The van der Waals surface area contributed by atoms with Gasteiger partial charge in [-0.1, -0.05) is 35.3 Å². The maximum atomic E-state index is 13.7. The molecule has 0 aliphatic heterocycles. The molecule has 214 valence electrons. The minimum Gasteiger partial charge on any atom is -0.354 e. The van der Waals surface area contributed by atoms with Gasteiger partial charge < -0.3 is 10.6 Å². The van der Waals surface area contributed by atoms with Crippen molar-refractivity contribution in [3.05, 3.63) is 86.3 Å². The van der Waals surface area contributed by atoms with Crippen molar-refractivity contribution in [2.45, 2.75) is 44.7 Å². The van der Waals surface area contributed by atoms with Crippen LogP contribution in [-0.2, 0) is 6.54 Å². The molecule has 2 amide bonds. The number of nitrogens with zero attached hydrogens (tertiary/aromatic N) is 4. The van der Waals surface area contributed by atoms with Gasteiger partial charge >= 0.3 is 5.69 Å². The maximum absolute atomic E-state index is 13.7. The number of fused-ring (bicyclic) bond motifs is 1. The van der Waals surface area contributed by atoms with Crippen LogP contribution in [0.5, 0.6) is 0 Å². The summed E-state index contributed by atoms with van der Waals surface area (Å²) >= 11 is 12.2. The quantitative estimate of drug-likeness (QED) is 0.303. The first-order chi connectivity index (χ1) is 19.7. The number of imidazole rings is 1. The topological polar surface area (TPSA) is 111 Å². The van der Waals surface area contributed by atoms with E-state index in [0.29, 0.717) is 30.6 Å². The standard InChI is InChI=1S/C28H26Cl2F2N6O3/c1-33-27(40)24-20(30)11-18(13-35-24)38-22-5-3-2-4-21(22)37(28(38)41)14-15-6-8-17(9-7-15)36-26(39)19-10-16(29)12-34-23(19)25(31)32/h2-5,10-13,15,17,25H,6-9,14H2,1H3,(H,33,40)(H,36,39). The molecule has 9 nitrogen and oxygen atoms in total. The number of rotatable bonds is 7. The zero-order valence-corrected chi connectivity index (χ0v) is 23.4. The fraction of sp³-hybridized carbons (Fsp3) is 0.321. The third kappa shape index (κ3) is 5.82. The average molecular weight is 603 g/mol. The van der Waals surface area contributed by atoms with Crippen LogP contribution in [0.1, 0.15) is 58.6 Å². The second-order valence-electron chi connectivity index (χ2n) is 9.90. The summed E-state index contributed by atoms with van der Waals surface area (Å²) in [7, 11) is 1.48. The normalized spacial score (nSPS) is 17.1. The number of amides is 2. The number of benzene rings is 1. The van der Waals surface area contributed by atoms with Crippen molar-refractivity contribution in [1.82, 2.24) is 29.7 Å². The molecular weight excluding hydrogens is 577 g/mol. The number of aromatic nitrogens is 4. The molecule has 13 heteroatoms. The van der Waals surface area contributed by atoms with Crippen LogP contribution in [0.15, 0.2) is 53.6 Å². The Bertz CT molecular complexity index is 1680. The molecule has 0 unspecified atom stereocenters. The van der Waals surface area contributed by atoms with E-state index in [9.17, 15) is 23.2 Å². The van der Waals surface area contributed by atoms with E-state index in [1.165, 1.54) is 23.9 Å². The predicted octanol–water partition coefficient (Wildman–Crippen LogP) is 5.18. The summed E-state index contributed by atoms with van der Waals surface area (Å²) in [5, 5.41) is 5.55. The smallest absolute Gasteiger partial charge is 0.333 e. The van der Waals surface area contributed by atoms with Gasteiger partial charge in [0.15, 0.2) is 0 Å². The van der Waals surface area contributed by atoms with Crippen molar-refractivity contribution in [3.63, 3.8) is 0 Å². The highest BCUT2D eigenvalue weighted by molar-refractivity contribution is 6.33.